The van der Waals surface area contributed by atoms with Crippen molar-refractivity contribution in [2.75, 3.05) is 26.2 Å². The Kier molecular flexibility index (Phi) is 6.65. The summed E-state index contributed by atoms with van der Waals surface area (Å²) < 4.78 is 4.95. The van der Waals surface area contributed by atoms with E-state index < -0.39 is 6.04 Å². The number of esters is 1. The standard InChI is InChI=1S/C14H28N2O2/c1-4-18-14(17)13(15)10-16-8-5-6-12(7-9-16)11(2)3/h11-13H,4-10,15H2,1-3H3. The minimum Gasteiger partial charge on any atom is -0.465 e. The van der Waals surface area contributed by atoms with Gasteiger partial charge in [-0.25, -0.2) is 0 Å². The molecule has 1 fully saturated rings. The first kappa shape index (κ1) is 15.4. The van der Waals surface area contributed by atoms with Gasteiger partial charge in [-0.2, -0.15) is 0 Å². The molecule has 106 valence electrons. The second-order valence-corrected chi connectivity index (χ2v) is 5.59. The Morgan fingerprint density at radius 3 is 2.72 bits per heavy atom. The van der Waals surface area contributed by atoms with Crippen molar-refractivity contribution in [3.8, 4) is 0 Å². The van der Waals surface area contributed by atoms with E-state index in [-0.39, 0.29) is 5.97 Å². The van der Waals surface area contributed by atoms with Gasteiger partial charge < -0.3 is 15.4 Å². The second kappa shape index (κ2) is 7.74. The van der Waals surface area contributed by atoms with Gasteiger partial charge in [-0.15, -0.1) is 0 Å². The number of rotatable bonds is 5. The van der Waals surface area contributed by atoms with Gasteiger partial charge in [-0.1, -0.05) is 13.8 Å². The smallest absolute Gasteiger partial charge is 0.324 e. The van der Waals surface area contributed by atoms with Crippen molar-refractivity contribution in [3.05, 3.63) is 0 Å². The van der Waals surface area contributed by atoms with E-state index in [2.05, 4.69) is 18.7 Å². The minimum absolute atomic E-state index is 0.276. The molecular weight excluding hydrogens is 228 g/mol. The molecule has 0 amide bonds. The number of ether oxygens (including phenoxy) is 1. The molecule has 1 rings (SSSR count). The fraction of sp³-hybridized carbons (Fsp3) is 0.929. The van der Waals surface area contributed by atoms with E-state index in [0.29, 0.717) is 13.2 Å². The van der Waals surface area contributed by atoms with Crippen molar-refractivity contribution in [3.63, 3.8) is 0 Å². The maximum Gasteiger partial charge on any atom is 0.324 e. The van der Waals surface area contributed by atoms with Gasteiger partial charge in [0.15, 0.2) is 0 Å². The van der Waals surface area contributed by atoms with Gasteiger partial charge >= 0.3 is 5.97 Å². The molecule has 0 saturated carbocycles. The van der Waals surface area contributed by atoms with E-state index in [1.54, 1.807) is 0 Å². The molecule has 2 N–H and O–H groups in total. The third-order valence-electron chi connectivity index (χ3n) is 3.85. The molecule has 2 atom stereocenters. The minimum atomic E-state index is -0.499. The van der Waals surface area contributed by atoms with Crippen molar-refractivity contribution in [2.24, 2.45) is 17.6 Å². The van der Waals surface area contributed by atoms with Crippen LogP contribution in [-0.2, 0) is 9.53 Å². The number of nitrogens with zero attached hydrogens (tertiary/aromatic N) is 1. The average molecular weight is 256 g/mol. The predicted molar refractivity (Wildman–Crippen MR) is 73.2 cm³/mol. The first-order chi connectivity index (χ1) is 8.54. The third-order valence-corrected chi connectivity index (χ3v) is 3.85. The van der Waals surface area contributed by atoms with Crippen LogP contribution in [0.5, 0.6) is 0 Å². The molecule has 0 bridgehead atoms. The van der Waals surface area contributed by atoms with Crippen molar-refractivity contribution in [1.29, 1.82) is 0 Å². The Hall–Kier alpha value is -0.610. The van der Waals surface area contributed by atoms with Crippen LogP contribution in [0.25, 0.3) is 0 Å². The molecule has 0 aromatic heterocycles. The highest BCUT2D eigenvalue weighted by molar-refractivity contribution is 5.75. The Morgan fingerprint density at radius 2 is 2.11 bits per heavy atom. The van der Waals surface area contributed by atoms with Gasteiger partial charge in [0.2, 0.25) is 0 Å². The van der Waals surface area contributed by atoms with Gasteiger partial charge in [0.25, 0.3) is 0 Å². The lowest BCUT2D eigenvalue weighted by atomic mass is 9.89. The highest BCUT2D eigenvalue weighted by Gasteiger charge is 2.23. The van der Waals surface area contributed by atoms with Crippen LogP contribution >= 0.6 is 0 Å². The third kappa shape index (κ3) is 4.94. The van der Waals surface area contributed by atoms with E-state index in [4.69, 9.17) is 10.5 Å². The zero-order valence-corrected chi connectivity index (χ0v) is 12.0. The Labute approximate surface area is 111 Å². The van der Waals surface area contributed by atoms with Gasteiger partial charge in [0, 0.05) is 6.54 Å². The van der Waals surface area contributed by atoms with Crippen LogP contribution in [0, 0.1) is 11.8 Å². The molecule has 0 aromatic carbocycles. The zero-order chi connectivity index (χ0) is 13.5. The van der Waals surface area contributed by atoms with E-state index in [1.807, 2.05) is 6.92 Å². The van der Waals surface area contributed by atoms with Gasteiger partial charge in [0.1, 0.15) is 6.04 Å². The fourth-order valence-electron chi connectivity index (χ4n) is 2.63. The SMILES string of the molecule is CCOC(=O)C(N)CN1CCCC(C(C)C)CC1. The Balaban J connectivity index is 2.37. The van der Waals surface area contributed by atoms with Crippen LogP contribution in [0.4, 0.5) is 0 Å². The highest BCUT2D eigenvalue weighted by Crippen LogP contribution is 2.24. The summed E-state index contributed by atoms with van der Waals surface area (Å²) in [6.07, 6.45) is 3.72. The van der Waals surface area contributed by atoms with E-state index in [0.717, 1.165) is 24.9 Å². The lowest BCUT2D eigenvalue weighted by Gasteiger charge is -2.23. The van der Waals surface area contributed by atoms with Crippen LogP contribution in [-0.4, -0.2) is 43.2 Å². The molecule has 1 heterocycles. The summed E-state index contributed by atoms with van der Waals surface area (Å²) in [6.45, 7) is 9.54. The lowest BCUT2D eigenvalue weighted by Crippen LogP contribution is -2.44. The molecule has 1 saturated heterocycles. The van der Waals surface area contributed by atoms with Crippen molar-refractivity contribution >= 4 is 5.97 Å². The van der Waals surface area contributed by atoms with Crippen molar-refractivity contribution < 1.29 is 9.53 Å². The summed E-state index contributed by atoms with van der Waals surface area (Å²) in [5, 5.41) is 0. The summed E-state index contributed by atoms with van der Waals surface area (Å²) in [7, 11) is 0. The van der Waals surface area contributed by atoms with E-state index in [9.17, 15) is 4.79 Å². The molecule has 4 nitrogen and oxygen atoms in total. The van der Waals surface area contributed by atoms with E-state index in [1.165, 1.54) is 19.3 Å². The highest BCUT2D eigenvalue weighted by atomic mass is 16.5. The number of nitrogens with two attached hydrogens (primary N) is 1. The molecule has 4 heteroatoms. The van der Waals surface area contributed by atoms with Gasteiger partial charge in [0.05, 0.1) is 6.61 Å². The Morgan fingerprint density at radius 1 is 1.39 bits per heavy atom. The largest absolute Gasteiger partial charge is 0.465 e. The quantitative estimate of drug-likeness (QED) is 0.760. The molecule has 1 aliphatic rings. The summed E-state index contributed by atoms with van der Waals surface area (Å²) in [6, 6.07) is -0.499. The normalized spacial score (nSPS) is 23.7. The zero-order valence-electron chi connectivity index (χ0n) is 12.0. The monoisotopic (exact) mass is 256 g/mol. The van der Waals surface area contributed by atoms with Crippen molar-refractivity contribution in [1.82, 2.24) is 4.90 Å². The first-order valence-corrected chi connectivity index (χ1v) is 7.19. The lowest BCUT2D eigenvalue weighted by molar-refractivity contribution is -0.145. The summed E-state index contributed by atoms with van der Waals surface area (Å²) >= 11 is 0. The number of hydrogen-bond donors (Lipinski definition) is 1. The molecular formula is C14H28N2O2. The molecule has 18 heavy (non-hydrogen) atoms. The maximum atomic E-state index is 11.5. The van der Waals surface area contributed by atoms with Crippen LogP contribution in [0.15, 0.2) is 0 Å². The second-order valence-electron chi connectivity index (χ2n) is 5.59. The topological polar surface area (TPSA) is 55.6 Å². The number of hydrogen-bond acceptors (Lipinski definition) is 4. The van der Waals surface area contributed by atoms with Crippen LogP contribution in [0.2, 0.25) is 0 Å². The van der Waals surface area contributed by atoms with Crippen LogP contribution in [0.1, 0.15) is 40.0 Å². The fourth-order valence-corrected chi connectivity index (χ4v) is 2.63. The van der Waals surface area contributed by atoms with E-state index >= 15 is 0 Å². The molecule has 0 spiro atoms. The van der Waals surface area contributed by atoms with Crippen molar-refractivity contribution in [2.45, 2.75) is 46.1 Å². The summed E-state index contributed by atoms with van der Waals surface area (Å²) in [5.74, 6) is 1.29. The molecule has 2 unspecified atom stereocenters. The molecule has 1 aliphatic heterocycles. The number of carbonyl (C=O) groups excluding carboxylic acids is 1. The molecule has 0 radical (unpaired) electrons. The maximum absolute atomic E-state index is 11.5. The predicted octanol–water partition coefficient (Wildman–Crippen LogP) is 1.63. The van der Waals surface area contributed by atoms with Crippen LogP contribution < -0.4 is 5.73 Å². The molecule has 0 aromatic rings. The van der Waals surface area contributed by atoms with Gasteiger partial charge in [-0.3, -0.25) is 4.79 Å². The molecule has 0 aliphatic carbocycles. The van der Waals surface area contributed by atoms with Crippen LogP contribution in [0.3, 0.4) is 0 Å². The first-order valence-electron chi connectivity index (χ1n) is 7.19. The number of likely N-dealkylation sites (tertiary alicyclic amines) is 1. The summed E-state index contributed by atoms with van der Waals surface area (Å²) in [5.41, 5.74) is 5.86. The Bertz CT molecular complexity index is 256. The summed E-state index contributed by atoms with van der Waals surface area (Å²) in [4.78, 5) is 13.8. The van der Waals surface area contributed by atoms with Gasteiger partial charge in [-0.05, 0) is 51.1 Å². The number of carbonyl (C=O) groups is 1. The average Bonchev–Trinajstić information content (AvgIpc) is 2.55.